The maximum absolute atomic E-state index is 5.58. The minimum absolute atomic E-state index is 0.677. The van der Waals surface area contributed by atoms with E-state index in [4.69, 9.17) is 5.73 Å². The average molecular weight is 193 g/mol. The van der Waals surface area contributed by atoms with Gasteiger partial charge in [0.25, 0.3) is 0 Å². The molecule has 14 heavy (non-hydrogen) atoms. The Kier molecular flexibility index (Phi) is 4.40. The van der Waals surface area contributed by atoms with Gasteiger partial charge in [0.15, 0.2) is 0 Å². The standard InChI is InChI=1S/C11H19N3/c1-3-8-14(9-6-12)11-10(2)5-4-7-13-11/h4-5,7H,3,6,8-9,12H2,1-2H3. The van der Waals surface area contributed by atoms with Crippen molar-refractivity contribution in [3.8, 4) is 0 Å². The summed E-state index contributed by atoms with van der Waals surface area (Å²) in [5.74, 6) is 1.07. The Morgan fingerprint density at radius 2 is 2.21 bits per heavy atom. The van der Waals surface area contributed by atoms with Gasteiger partial charge in [-0.3, -0.25) is 0 Å². The lowest BCUT2D eigenvalue weighted by Crippen LogP contribution is -2.31. The van der Waals surface area contributed by atoms with Crippen LogP contribution in [0.3, 0.4) is 0 Å². The summed E-state index contributed by atoms with van der Waals surface area (Å²) in [6, 6.07) is 4.05. The van der Waals surface area contributed by atoms with E-state index in [9.17, 15) is 0 Å². The van der Waals surface area contributed by atoms with Crippen molar-refractivity contribution in [2.24, 2.45) is 5.73 Å². The third kappa shape index (κ3) is 2.70. The molecule has 0 atom stereocenters. The van der Waals surface area contributed by atoms with Crippen molar-refractivity contribution in [2.75, 3.05) is 24.5 Å². The summed E-state index contributed by atoms with van der Waals surface area (Å²) in [4.78, 5) is 6.63. The lowest BCUT2D eigenvalue weighted by molar-refractivity contribution is 0.748. The normalized spacial score (nSPS) is 10.2. The summed E-state index contributed by atoms with van der Waals surface area (Å²) in [5, 5.41) is 0. The molecule has 0 aliphatic rings. The van der Waals surface area contributed by atoms with Gasteiger partial charge in [-0.2, -0.15) is 0 Å². The highest BCUT2D eigenvalue weighted by Gasteiger charge is 2.07. The summed E-state index contributed by atoms with van der Waals surface area (Å²) < 4.78 is 0. The maximum Gasteiger partial charge on any atom is 0.131 e. The van der Waals surface area contributed by atoms with Gasteiger partial charge in [-0.05, 0) is 25.0 Å². The topological polar surface area (TPSA) is 42.1 Å². The van der Waals surface area contributed by atoms with Gasteiger partial charge >= 0.3 is 0 Å². The van der Waals surface area contributed by atoms with Crippen LogP contribution in [-0.4, -0.2) is 24.6 Å². The molecule has 3 heteroatoms. The van der Waals surface area contributed by atoms with Crippen molar-refractivity contribution in [3.05, 3.63) is 23.9 Å². The highest BCUT2D eigenvalue weighted by molar-refractivity contribution is 5.45. The average Bonchev–Trinajstić information content (AvgIpc) is 2.18. The number of nitrogens with two attached hydrogens (primary N) is 1. The van der Waals surface area contributed by atoms with Crippen molar-refractivity contribution in [1.29, 1.82) is 0 Å². The molecule has 0 saturated carbocycles. The molecular formula is C11H19N3. The first-order chi connectivity index (χ1) is 6.79. The molecule has 0 unspecified atom stereocenters. The van der Waals surface area contributed by atoms with E-state index in [-0.39, 0.29) is 0 Å². The van der Waals surface area contributed by atoms with Crippen LogP contribution >= 0.6 is 0 Å². The van der Waals surface area contributed by atoms with Crippen molar-refractivity contribution in [1.82, 2.24) is 4.98 Å². The quantitative estimate of drug-likeness (QED) is 0.771. The minimum Gasteiger partial charge on any atom is -0.355 e. The molecule has 0 spiro atoms. The summed E-state index contributed by atoms with van der Waals surface area (Å²) >= 11 is 0. The molecule has 1 heterocycles. The fraction of sp³-hybridized carbons (Fsp3) is 0.545. The van der Waals surface area contributed by atoms with Gasteiger partial charge in [-0.15, -0.1) is 0 Å². The van der Waals surface area contributed by atoms with Crippen LogP contribution in [0.25, 0.3) is 0 Å². The molecule has 2 N–H and O–H groups in total. The van der Waals surface area contributed by atoms with Crippen LogP contribution < -0.4 is 10.6 Å². The molecule has 1 rings (SSSR count). The second-order valence-corrected chi connectivity index (χ2v) is 3.42. The van der Waals surface area contributed by atoms with E-state index in [0.29, 0.717) is 6.54 Å². The fourth-order valence-corrected chi connectivity index (χ4v) is 1.56. The van der Waals surface area contributed by atoms with Crippen LogP contribution in [0.1, 0.15) is 18.9 Å². The molecule has 1 aromatic rings. The van der Waals surface area contributed by atoms with Gasteiger partial charge in [0.05, 0.1) is 0 Å². The molecule has 0 aromatic carbocycles. The van der Waals surface area contributed by atoms with Gasteiger partial charge < -0.3 is 10.6 Å². The number of pyridine rings is 1. The highest BCUT2D eigenvalue weighted by atomic mass is 15.2. The number of nitrogens with zero attached hydrogens (tertiary/aromatic N) is 2. The number of hydrogen-bond acceptors (Lipinski definition) is 3. The molecule has 0 fully saturated rings. The first-order valence-corrected chi connectivity index (χ1v) is 5.16. The van der Waals surface area contributed by atoms with Crippen LogP contribution in [-0.2, 0) is 0 Å². The number of hydrogen-bond donors (Lipinski definition) is 1. The monoisotopic (exact) mass is 193 g/mol. The van der Waals surface area contributed by atoms with E-state index in [1.807, 2.05) is 12.3 Å². The third-order valence-electron chi connectivity index (χ3n) is 2.17. The van der Waals surface area contributed by atoms with E-state index in [1.54, 1.807) is 0 Å². The smallest absolute Gasteiger partial charge is 0.131 e. The molecular weight excluding hydrogens is 174 g/mol. The molecule has 0 aliphatic carbocycles. The van der Waals surface area contributed by atoms with Gasteiger partial charge in [0, 0.05) is 25.8 Å². The molecule has 0 radical (unpaired) electrons. The first kappa shape index (κ1) is 11.0. The minimum atomic E-state index is 0.677. The Labute approximate surface area is 85.9 Å². The lowest BCUT2D eigenvalue weighted by Gasteiger charge is -2.23. The summed E-state index contributed by atoms with van der Waals surface area (Å²) in [7, 11) is 0. The summed E-state index contributed by atoms with van der Waals surface area (Å²) in [6.07, 6.45) is 2.96. The highest BCUT2D eigenvalue weighted by Crippen LogP contribution is 2.15. The second kappa shape index (κ2) is 5.60. The van der Waals surface area contributed by atoms with Crippen molar-refractivity contribution in [3.63, 3.8) is 0 Å². The van der Waals surface area contributed by atoms with Gasteiger partial charge in [0.2, 0.25) is 0 Å². The SMILES string of the molecule is CCCN(CCN)c1ncccc1C. The van der Waals surface area contributed by atoms with Gasteiger partial charge in [-0.1, -0.05) is 13.0 Å². The Morgan fingerprint density at radius 1 is 1.43 bits per heavy atom. The largest absolute Gasteiger partial charge is 0.355 e. The number of aryl methyl sites for hydroxylation is 1. The van der Waals surface area contributed by atoms with E-state index in [1.165, 1.54) is 5.56 Å². The lowest BCUT2D eigenvalue weighted by atomic mass is 10.2. The zero-order valence-corrected chi connectivity index (χ0v) is 9.03. The van der Waals surface area contributed by atoms with Crippen molar-refractivity contribution in [2.45, 2.75) is 20.3 Å². The van der Waals surface area contributed by atoms with Crippen LogP contribution in [0, 0.1) is 6.92 Å². The van der Waals surface area contributed by atoms with E-state index < -0.39 is 0 Å². The van der Waals surface area contributed by atoms with Crippen LogP contribution in [0.15, 0.2) is 18.3 Å². The van der Waals surface area contributed by atoms with Gasteiger partial charge in [-0.25, -0.2) is 4.98 Å². The van der Waals surface area contributed by atoms with E-state index >= 15 is 0 Å². The van der Waals surface area contributed by atoms with E-state index in [0.717, 1.165) is 25.3 Å². The zero-order chi connectivity index (χ0) is 10.4. The van der Waals surface area contributed by atoms with Crippen LogP contribution in [0.2, 0.25) is 0 Å². The molecule has 0 bridgehead atoms. The van der Waals surface area contributed by atoms with Crippen LogP contribution in [0.5, 0.6) is 0 Å². The second-order valence-electron chi connectivity index (χ2n) is 3.42. The Bertz CT molecular complexity index is 267. The predicted octanol–water partition coefficient (Wildman–Crippen LogP) is 1.57. The van der Waals surface area contributed by atoms with Crippen molar-refractivity contribution < 1.29 is 0 Å². The predicted molar refractivity (Wildman–Crippen MR) is 60.5 cm³/mol. The molecule has 0 amide bonds. The maximum atomic E-state index is 5.58. The summed E-state index contributed by atoms with van der Waals surface area (Å²) in [6.45, 7) is 6.83. The van der Waals surface area contributed by atoms with Crippen LogP contribution in [0.4, 0.5) is 5.82 Å². The number of rotatable bonds is 5. The first-order valence-electron chi connectivity index (χ1n) is 5.16. The number of aromatic nitrogens is 1. The fourth-order valence-electron chi connectivity index (χ4n) is 1.56. The molecule has 1 aromatic heterocycles. The third-order valence-corrected chi connectivity index (χ3v) is 2.17. The Hall–Kier alpha value is -1.09. The van der Waals surface area contributed by atoms with Gasteiger partial charge in [0.1, 0.15) is 5.82 Å². The molecule has 0 aliphatic heterocycles. The zero-order valence-electron chi connectivity index (χ0n) is 9.03. The summed E-state index contributed by atoms with van der Waals surface area (Å²) in [5.41, 5.74) is 6.79. The number of anilines is 1. The molecule has 3 nitrogen and oxygen atoms in total. The molecule has 0 saturated heterocycles. The van der Waals surface area contributed by atoms with Crippen molar-refractivity contribution >= 4 is 5.82 Å². The molecule has 78 valence electrons. The Morgan fingerprint density at radius 3 is 2.79 bits per heavy atom. The van der Waals surface area contributed by atoms with E-state index in [2.05, 4.69) is 29.8 Å². The Balaban J connectivity index is 2.81.